The minimum absolute atomic E-state index is 0.0234. The highest BCUT2D eigenvalue weighted by Crippen LogP contribution is 2.17. The van der Waals surface area contributed by atoms with Crippen molar-refractivity contribution in [3.8, 4) is 0 Å². The Labute approximate surface area is 110 Å². The number of carbonyl (C=O) groups is 1. The topological polar surface area (TPSA) is 75.3 Å². The van der Waals surface area contributed by atoms with E-state index in [0.717, 1.165) is 18.2 Å². The van der Waals surface area contributed by atoms with Crippen molar-refractivity contribution in [3.63, 3.8) is 0 Å². The van der Waals surface area contributed by atoms with Gasteiger partial charge in [0.2, 0.25) is 15.9 Å². The summed E-state index contributed by atoms with van der Waals surface area (Å²) in [5.41, 5.74) is 0.0234. The molecule has 106 valence electrons. The lowest BCUT2D eigenvalue weighted by molar-refractivity contribution is -0.122. The van der Waals surface area contributed by atoms with Gasteiger partial charge in [0.1, 0.15) is 6.04 Å². The normalized spacial score (nSPS) is 13.1. The number of likely N-dealkylation sites (N-methyl/N-ethyl adjacent to an activating group) is 1. The maximum Gasteiger partial charge on any atom is 0.242 e. The fourth-order valence-corrected chi connectivity index (χ4v) is 2.14. The van der Waals surface area contributed by atoms with Gasteiger partial charge in [0.05, 0.1) is 5.75 Å². The average molecular weight is 292 g/mol. The summed E-state index contributed by atoms with van der Waals surface area (Å²) in [4.78, 5) is 11.6. The zero-order valence-corrected chi connectivity index (χ0v) is 11.2. The number of rotatable bonds is 5. The van der Waals surface area contributed by atoms with E-state index >= 15 is 0 Å². The summed E-state index contributed by atoms with van der Waals surface area (Å²) in [6.07, 6.45) is 0. The highest BCUT2D eigenvalue weighted by atomic mass is 32.2. The van der Waals surface area contributed by atoms with E-state index in [1.54, 1.807) is 0 Å². The number of sulfonamides is 1. The molecule has 0 aliphatic heterocycles. The summed E-state index contributed by atoms with van der Waals surface area (Å²) >= 11 is 0. The third-order valence-electron chi connectivity index (χ3n) is 2.46. The number of hydrogen-bond donors (Lipinski definition) is 2. The third kappa shape index (κ3) is 3.97. The van der Waals surface area contributed by atoms with Gasteiger partial charge in [0.15, 0.2) is 11.6 Å². The molecule has 1 aromatic carbocycles. The molecule has 0 heterocycles. The molecule has 0 aliphatic carbocycles. The van der Waals surface area contributed by atoms with Crippen LogP contribution in [0, 0.1) is 11.6 Å². The maximum absolute atomic E-state index is 13.1. The number of amides is 1. The van der Waals surface area contributed by atoms with E-state index < -0.39 is 33.6 Å². The van der Waals surface area contributed by atoms with Crippen molar-refractivity contribution in [1.29, 1.82) is 0 Å². The molecule has 2 N–H and O–H groups in total. The summed E-state index contributed by atoms with van der Waals surface area (Å²) in [6.45, 7) is 1.40. The van der Waals surface area contributed by atoms with Crippen molar-refractivity contribution >= 4 is 15.9 Å². The number of nitrogens with one attached hydrogen (secondary N) is 2. The molecule has 0 bridgehead atoms. The van der Waals surface area contributed by atoms with Gasteiger partial charge in [-0.05, 0) is 24.6 Å². The summed E-state index contributed by atoms with van der Waals surface area (Å²) in [7, 11) is -2.36. The van der Waals surface area contributed by atoms with Crippen LogP contribution < -0.4 is 10.0 Å². The maximum atomic E-state index is 13.1. The fraction of sp³-hybridized carbons (Fsp3) is 0.364. The van der Waals surface area contributed by atoms with E-state index in [1.807, 2.05) is 0 Å². The first-order valence-electron chi connectivity index (χ1n) is 5.47. The Morgan fingerprint density at radius 1 is 1.32 bits per heavy atom. The molecular weight excluding hydrogens is 278 g/mol. The molecule has 0 radical (unpaired) electrons. The SMILES string of the molecule is CCS(=O)(=O)N[C@H](C(=O)NC)c1ccc(F)c(F)c1. The van der Waals surface area contributed by atoms with E-state index in [2.05, 4.69) is 10.0 Å². The molecule has 19 heavy (non-hydrogen) atoms. The van der Waals surface area contributed by atoms with Gasteiger partial charge in [0, 0.05) is 7.05 Å². The summed E-state index contributed by atoms with van der Waals surface area (Å²) in [5.74, 6) is -3.12. The molecule has 1 amide bonds. The molecule has 1 atom stereocenters. The van der Waals surface area contributed by atoms with E-state index in [4.69, 9.17) is 0 Å². The molecule has 0 aromatic heterocycles. The smallest absolute Gasteiger partial charge is 0.242 e. The molecule has 1 rings (SSSR count). The Kier molecular flexibility index (Phi) is 4.96. The van der Waals surface area contributed by atoms with Gasteiger partial charge in [-0.3, -0.25) is 4.79 Å². The molecular formula is C11H14F2N2O3S. The predicted octanol–water partition coefficient (Wildman–Crippen LogP) is 0.691. The minimum atomic E-state index is -3.67. The summed E-state index contributed by atoms with van der Waals surface area (Å²) < 4.78 is 51.1. The lowest BCUT2D eigenvalue weighted by atomic mass is 10.1. The summed E-state index contributed by atoms with van der Waals surface area (Å²) in [5, 5.41) is 2.26. The molecule has 0 spiro atoms. The van der Waals surface area contributed by atoms with Gasteiger partial charge < -0.3 is 5.32 Å². The first kappa shape index (κ1) is 15.5. The van der Waals surface area contributed by atoms with Gasteiger partial charge in [-0.1, -0.05) is 6.07 Å². The van der Waals surface area contributed by atoms with Crippen molar-refractivity contribution in [3.05, 3.63) is 35.4 Å². The second-order valence-corrected chi connectivity index (χ2v) is 5.78. The minimum Gasteiger partial charge on any atom is -0.357 e. The Morgan fingerprint density at radius 2 is 1.95 bits per heavy atom. The van der Waals surface area contributed by atoms with Crippen LogP contribution in [0.1, 0.15) is 18.5 Å². The van der Waals surface area contributed by atoms with Crippen LogP contribution in [0.3, 0.4) is 0 Å². The number of benzene rings is 1. The van der Waals surface area contributed by atoms with Crippen LogP contribution in [-0.2, 0) is 14.8 Å². The van der Waals surface area contributed by atoms with Crippen LogP contribution in [0.4, 0.5) is 8.78 Å². The van der Waals surface area contributed by atoms with Crippen LogP contribution in [0.15, 0.2) is 18.2 Å². The summed E-state index contributed by atoms with van der Waals surface area (Å²) in [6, 6.07) is 1.47. The third-order valence-corrected chi connectivity index (χ3v) is 3.82. The Bertz CT molecular complexity index is 575. The fourth-order valence-electron chi connectivity index (χ4n) is 1.37. The monoisotopic (exact) mass is 292 g/mol. The number of carbonyl (C=O) groups excluding carboxylic acids is 1. The van der Waals surface area contributed by atoms with Gasteiger partial charge in [-0.15, -0.1) is 0 Å². The molecule has 0 unspecified atom stereocenters. The standard InChI is InChI=1S/C11H14F2N2O3S/c1-3-19(17,18)15-10(11(16)14-2)7-4-5-8(12)9(13)6-7/h4-6,10,15H,3H2,1-2H3,(H,14,16)/t10-/m0/s1. The van der Waals surface area contributed by atoms with Crippen molar-refractivity contribution in [1.82, 2.24) is 10.0 Å². The highest BCUT2D eigenvalue weighted by Gasteiger charge is 2.25. The molecule has 8 heteroatoms. The first-order valence-corrected chi connectivity index (χ1v) is 7.12. The van der Waals surface area contributed by atoms with Crippen LogP contribution in [-0.4, -0.2) is 27.1 Å². The van der Waals surface area contributed by atoms with Crippen LogP contribution in [0.2, 0.25) is 0 Å². The zero-order valence-electron chi connectivity index (χ0n) is 10.4. The molecule has 1 aromatic rings. The Morgan fingerprint density at radius 3 is 2.42 bits per heavy atom. The molecule has 0 saturated heterocycles. The van der Waals surface area contributed by atoms with Crippen LogP contribution in [0.25, 0.3) is 0 Å². The Balaban J connectivity index is 3.17. The molecule has 0 fully saturated rings. The first-order chi connectivity index (χ1) is 8.80. The lowest BCUT2D eigenvalue weighted by Gasteiger charge is -2.17. The van der Waals surface area contributed by atoms with E-state index in [0.29, 0.717) is 0 Å². The molecule has 5 nitrogen and oxygen atoms in total. The zero-order chi connectivity index (χ0) is 14.6. The van der Waals surface area contributed by atoms with Crippen molar-refractivity contribution in [2.24, 2.45) is 0 Å². The molecule has 0 saturated carbocycles. The van der Waals surface area contributed by atoms with Crippen molar-refractivity contribution < 1.29 is 22.0 Å². The highest BCUT2D eigenvalue weighted by molar-refractivity contribution is 7.89. The van der Waals surface area contributed by atoms with E-state index in [9.17, 15) is 22.0 Å². The van der Waals surface area contributed by atoms with E-state index in [-0.39, 0.29) is 11.3 Å². The predicted molar refractivity (Wildman–Crippen MR) is 65.8 cm³/mol. The number of halogens is 2. The lowest BCUT2D eigenvalue weighted by Crippen LogP contribution is -2.39. The van der Waals surface area contributed by atoms with Gasteiger partial charge in [-0.25, -0.2) is 17.2 Å². The largest absolute Gasteiger partial charge is 0.357 e. The van der Waals surface area contributed by atoms with Gasteiger partial charge >= 0.3 is 0 Å². The van der Waals surface area contributed by atoms with Gasteiger partial charge in [0.25, 0.3) is 0 Å². The Hall–Kier alpha value is -1.54. The van der Waals surface area contributed by atoms with Gasteiger partial charge in [-0.2, -0.15) is 4.72 Å². The van der Waals surface area contributed by atoms with Crippen LogP contribution in [0.5, 0.6) is 0 Å². The van der Waals surface area contributed by atoms with Crippen LogP contribution >= 0.6 is 0 Å². The second kappa shape index (κ2) is 6.07. The van der Waals surface area contributed by atoms with E-state index in [1.165, 1.54) is 14.0 Å². The van der Waals surface area contributed by atoms with Crippen molar-refractivity contribution in [2.45, 2.75) is 13.0 Å². The number of hydrogen-bond acceptors (Lipinski definition) is 3. The average Bonchev–Trinajstić information content (AvgIpc) is 2.38. The second-order valence-electron chi connectivity index (χ2n) is 3.74. The molecule has 0 aliphatic rings. The quantitative estimate of drug-likeness (QED) is 0.838. The van der Waals surface area contributed by atoms with Crippen molar-refractivity contribution in [2.75, 3.05) is 12.8 Å².